The van der Waals surface area contributed by atoms with Crippen molar-refractivity contribution in [1.82, 2.24) is 44.9 Å². The van der Waals surface area contributed by atoms with Crippen LogP contribution >= 0.6 is 34.0 Å². The zero-order valence-corrected chi connectivity index (χ0v) is 59.4. The summed E-state index contributed by atoms with van der Waals surface area (Å²) in [6.07, 6.45) is 2.06. The van der Waals surface area contributed by atoms with E-state index in [1.54, 1.807) is 31.4 Å². The number of thiazole rings is 3. The van der Waals surface area contributed by atoms with Crippen LogP contribution in [0.1, 0.15) is 64.0 Å². The van der Waals surface area contributed by atoms with E-state index in [2.05, 4.69) is 60.3 Å². The van der Waals surface area contributed by atoms with Crippen LogP contribution < -0.4 is 25.4 Å². The van der Waals surface area contributed by atoms with Crippen molar-refractivity contribution < 1.29 is 65.5 Å². The second-order valence-electron chi connectivity index (χ2n) is 25.6. The predicted molar refractivity (Wildman–Crippen MR) is 373 cm³/mol. The smallest absolute Gasteiger partial charge is 0.238 e. The van der Waals surface area contributed by atoms with Crippen molar-refractivity contribution in [2.45, 2.75) is 139 Å². The van der Waals surface area contributed by atoms with Crippen LogP contribution in [0.4, 0.5) is 29.4 Å². The van der Waals surface area contributed by atoms with Gasteiger partial charge in [-0.15, -0.1) is 34.0 Å². The number of anilines is 5. The molecule has 5 fully saturated rings. The number of sulfonamides is 2. The zero-order valence-electron chi connectivity index (χ0n) is 54.5. The van der Waals surface area contributed by atoms with Crippen molar-refractivity contribution in [3.8, 4) is 31.7 Å². The molecule has 0 spiro atoms. The Kier molecular flexibility index (Phi) is 20.1. The third-order valence-electron chi connectivity index (χ3n) is 17.2. The summed E-state index contributed by atoms with van der Waals surface area (Å²) in [4.78, 5) is 40.9. The van der Waals surface area contributed by atoms with Crippen LogP contribution in [0.25, 0.3) is 62.4 Å². The minimum atomic E-state index is -3.61. The molecule has 34 heteroatoms. The number of benzene rings is 3. The summed E-state index contributed by atoms with van der Waals surface area (Å²) in [5, 5.41) is 62.4. The normalized spacial score (nSPS) is 25.8. The molecule has 0 bridgehead atoms. The van der Waals surface area contributed by atoms with Crippen molar-refractivity contribution in [3.05, 3.63) is 89.9 Å². The third-order valence-corrected chi connectivity index (χ3v) is 22.2. The summed E-state index contributed by atoms with van der Waals surface area (Å²) < 4.78 is 91.5. The number of nitrogens with zero attached hydrogens (tertiary/aromatic N) is 9. The number of ether oxygens (including phenoxy) is 4. The standard InChI is InChI=1S/C22H27N5O5S2.C22H26N4O4S2.C19H23N5O5S2/c1-11-16(20-25-13-7-5-6-8-15(13)33-20)19(26-21(23-11)27-34(4,29)30)24-14-9-12(10-28)17-18(14)32-22(2,3)31-17;1-11-16(20-25-13-7-5-6-8-15(13)31-20)19(26-21(23-11)32(4)28)24-14-9-12(10-27)17-18(14)30-22(2,3)29-17;1-9-14(18-22-11-5-3-4-6-13(11)30-18)17(23-19(20-9)24-31(2,28)29)21-12-7-10(8-25)15(26)16(12)27/h5-8,12,14,17-18,28H,9-10H2,1-4H3,(H2,23,24,26,27);5-8,12,14,17-18,27H,9-10H2,1-4H3,(H,23,24,26);3-6,10,12,15-16,25-27H,7-8H2,1-2H3,(H2,20,21,23,24)/t12-,14-,17-,18+;12-,14-,17-,18+,32?;10-,12-,15-,16+/m111/s1. The van der Waals surface area contributed by atoms with Gasteiger partial charge in [-0.25, -0.2) is 51.7 Å². The summed E-state index contributed by atoms with van der Waals surface area (Å²) in [7, 11) is -8.51. The fraction of sp³-hybridized carbons (Fsp3) is 0.476. The van der Waals surface area contributed by atoms with Crippen molar-refractivity contribution in [1.29, 1.82) is 0 Å². The monoisotopic (exact) mass is 1440 g/mol. The number of nitrogens with one attached hydrogen (secondary N) is 5. The molecule has 3 aromatic carbocycles. The Morgan fingerprint density at radius 2 is 0.825 bits per heavy atom. The van der Waals surface area contributed by atoms with E-state index in [-0.39, 0.29) is 91.0 Å². The first-order valence-electron chi connectivity index (χ1n) is 31.2. The van der Waals surface area contributed by atoms with Crippen LogP contribution in [0.3, 0.4) is 0 Å². The Bertz CT molecular complexity index is 4580. The number of hydrogen-bond donors (Lipinski definition) is 10. The fourth-order valence-corrected chi connectivity index (χ4v) is 17.6. The molecule has 1 unspecified atom stereocenters. The maximum atomic E-state index is 12.2. The summed E-state index contributed by atoms with van der Waals surface area (Å²) >= 11 is 4.53. The van der Waals surface area contributed by atoms with Crippen LogP contribution in [-0.2, 0) is 49.8 Å². The number of hydrogen-bond acceptors (Lipinski definition) is 29. The number of aryl methyl sites for hydroxylation is 3. The minimum absolute atomic E-state index is 0.0206. The van der Waals surface area contributed by atoms with E-state index in [1.165, 1.54) is 22.7 Å². The van der Waals surface area contributed by atoms with Gasteiger partial charge < -0.3 is 60.4 Å². The summed E-state index contributed by atoms with van der Waals surface area (Å²) in [6.45, 7) is 12.6. The molecule has 5 aliphatic rings. The highest BCUT2D eigenvalue weighted by Gasteiger charge is 2.55. The molecule has 9 aromatic rings. The number of aliphatic hydroxyl groups is 5. The first-order valence-corrected chi connectivity index (χ1v) is 39.0. The van der Waals surface area contributed by atoms with Gasteiger partial charge in [-0.1, -0.05) is 36.4 Å². The van der Waals surface area contributed by atoms with Crippen LogP contribution in [-0.4, -0.2) is 196 Å². The van der Waals surface area contributed by atoms with Gasteiger partial charge in [0.25, 0.3) is 0 Å². The van der Waals surface area contributed by atoms with E-state index in [9.17, 15) is 46.6 Å². The van der Waals surface area contributed by atoms with Gasteiger partial charge in [0.05, 0.1) is 124 Å². The van der Waals surface area contributed by atoms with E-state index in [0.29, 0.717) is 64.1 Å². The predicted octanol–water partition coefficient (Wildman–Crippen LogP) is 6.81. The maximum Gasteiger partial charge on any atom is 0.238 e. The van der Waals surface area contributed by atoms with Crippen LogP contribution in [0, 0.1) is 38.5 Å². The summed E-state index contributed by atoms with van der Waals surface area (Å²) in [6, 6.07) is 22.5. The van der Waals surface area contributed by atoms with E-state index < -0.39 is 66.6 Å². The quantitative estimate of drug-likeness (QED) is 0.0419. The molecule has 518 valence electrons. The Morgan fingerprint density at radius 3 is 1.18 bits per heavy atom. The van der Waals surface area contributed by atoms with Gasteiger partial charge >= 0.3 is 0 Å². The van der Waals surface area contributed by atoms with Gasteiger partial charge in [0.1, 0.15) is 50.8 Å². The van der Waals surface area contributed by atoms with Crippen LogP contribution in [0.2, 0.25) is 0 Å². The highest BCUT2D eigenvalue weighted by Crippen LogP contribution is 2.47. The zero-order chi connectivity index (χ0) is 69.2. The van der Waals surface area contributed by atoms with E-state index >= 15 is 0 Å². The van der Waals surface area contributed by atoms with Gasteiger partial charge in [-0.05, 0) is 104 Å². The molecule has 28 nitrogen and oxygen atoms in total. The van der Waals surface area contributed by atoms with E-state index in [1.807, 2.05) is 107 Å². The summed E-state index contributed by atoms with van der Waals surface area (Å²) in [5.41, 5.74) is 6.44. The fourth-order valence-electron chi connectivity index (χ4n) is 13.1. The Balaban J connectivity index is 0.000000139. The van der Waals surface area contributed by atoms with Gasteiger partial charge in [0, 0.05) is 43.8 Å². The third kappa shape index (κ3) is 15.4. The van der Waals surface area contributed by atoms with E-state index in [0.717, 1.165) is 58.7 Å². The second kappa shape index (κ2) is 27.8. The molecule has 8 heterocycles. The molecule has 13 atom stereocenters. The molecule has 3 aliphatic carbocycles. The van der Waals surface area contributed by atoms with E-state index in [4.69, 9.17) is 28.9 Å². The largest absolute Gasteiger partial charge is 0.396 e. The molecule has 6 aromatic heterocycles. The molecule has 14 rings (SSSR count). The Labute approximate surface area is 574 Å². The number of fused-ring (bicyclic) bond motifs is 5. The lowest BCUT2D eigenvalue weighted by Crippen LogP contribution is -2.35. The molecule has 0 radical (unpaired) electrons. The molecule has 97 heavy (non-hydrogen) atoms. The van der Waals surface area contributed by atoms with Gasteiger partial charge in [0.15, 0.2) is 11.6 Å². The Hall–Kier alpha value is -6.74. The van der Waals surface area contributed by atoms with Crippen molar-refractivity contribution in [3.63, 3.8) is 0 Å². The second-order valence-corrected chi connectivity index (χ2v) is 33.5. The minimum Gasteiger partial charge on any atom is -0.396 e. The topological polar surface area (TPSA) is 400 Å². The number of para-hydroxylation sites is 3. The number of rotatable bonds is 17. The lowest BCUT2D eigenvalue weighted by atomic mass is 10.1. The average Bonchev–Trinajstić information content (AvgIpc) is 1.60. The van der Waals surface area contributed by atoms with Gasteiger partial charge in [0.2, 0.25) is 37.1 Å². The molecule has 2 saturated heterocycles. The molecule has 10 N–H and O–H groups in total. The molecule has 0 amide bonds. The number of aromatic nitrogens is 9. The molecular weight excluding hydrogens is 1370 g/mol. The van der Waals surface area contributed by atoms with Crippen molar-refractivity contribution >= 4 is 125 Å². The van der Waals surface area contributed by atoms with Gasteiger partial charge in [-0.2, -0.15) is 9.97 Å². The lowest BCUT2D eigenvalue weighted by Gasteiger charge is -2.25. The van der Waals surface area contributed by atoms with Crippen LogP contribution in [0.15, 0.2) is 78.0 Å². The SMILES string of the molecule is Cc1nc(NS(C)(=O)=O)nc(N[C@@H]2C[C@H](CO)[C@@H](O)[C@H]2O)c1-c1nc2ccccc2s1.Cc1nc(NS(C)(=O)=O)nc(N[C@@H]2C[C@H](CO)[C@H]3OC(C)(C)O[C@H]32)c1-c1nc2ccccc2s1.Cc1nc(S(C)=O)nc(N[C@@H]2C[C@H](CO)[C@H]3OC(C)(C)O[C@H]32)c1-c1nc2ccccc2s1. The molecule has 2 aliphatic heterocycles. The average molecular weight is 1450 g/mol. The van der Waals surface area contributed by atoms with Crippen molar-refractivity contribution in [2.24, 2.45) is 17.8 Å². The Morgan fingerprint density at radius 1 is 0.485 bits per heavy atom. The lowest BCUT2D eigenvalue weighted by molar-refractivity contribution is -0.159. The maximum absolute atomic E-state index is 12.2. The highest BCUT2D eigenvalue weighted by atomic mass is 32.2. The molecule has 3 saturated carbocycles. The number of aliphatic hydroxyl groups excluding tert-OH is 5. The molecular formula is C63H76N14O14S6. The summed E-state index contributed by atoms with van der Waals surface area (Å²) in [5.74, 6) is -0.892. The first kappa shape index (κ1) is 70.1. The first-order chi connectivity index (χ1) is 45.9. The van der Waals surface area contributed by atoms with Crippen molar-refractivity contribution in [2.75, 3.05) is 64.0 Å². The highest BCUT2D eigenvalue weighted by molar-refractivity contribution is 7.92. The van der Waals surface area contributed by atoms with Gasteiger partial charge in [-0.3, -0.25) is 13.7 Å². The van der Waals surface area contributed by atoms with Crippen LogP contribution in [0.5, 0.6) is 0 Å².